The van der Waals surface area contributed by atoms with Crippen molar-refractivity contribution < 1.29 is 23.9 Å². The first-order valence-corrected chi connectivity index (χ1v) is 15.6. The molecular formula is C36H30N4O7S. The lowest BCUT2D eigenvalue weighted by atomic mass is 9.95. The van der Waals surface area contributed by atoms with Crippen molar-refractivity contribution >= 4 is 34.7 Å². The van der Waals surface area contributed by atoms with Gasteiger partial charge in [-0.2, -0.15) is 0 Å². The van der Waals surface area contributed by atoms with Crippen LogP contribution in [0.25, 0.3) is 6.08 Å². The van der Waals surface area contributed by atoms with Crippen LogP contribution in [0, 0.1) is 10.1 Å². The van der Waals surface area contributed by atoms with Gasteiger partial charge in [-0.25, -0.2) is 4.99 Å². The van der Waals surface area contributed by atoms with Crippen LogP contribution in [0.2, 0.25) is 0 Å². The number of aromatic nitrogens is 1. The van der Waals surface area contributed by atoms with Crippen LogP contribution in [-0.2, 0) is 11.4 Å². The fourth-order valence-electron chi connectivity index (χ4n) is 5.43. The summed E-state index contributed by atoms with van der Waals surface area (Å²) in [5, 5.41) is 14.0. The maximum Gasteiger partial charge on any atom is 0.271 e. The Morgan fingerprint density at radius 1 is 1.00 bits per heavy atom. The summed E-state index contributed by atoms with van der Waals surface area (Å²) in [6.07, 6.45) is 1.71. The number of benzene rings is 4. The number of amides is 1. The molecule has 1 amide bonds. The minimum absolute atomic E-state index is 0.0182. The van der Waals surface area contributed by atoms with Gasteiger partial charge in [0.05, 0.1) is 41.0 Å². The number of para-hydroxylation sites is 2. The highest BCUT2D eigenvalue weighted by Crippen LogP contribution is 2.34. The van der Waals surface area contributed by atoms with Crippen LogP contribution in [0.4, 0.5) is 11.4 Å². The average Bonchev–Trinajstić information content (AvgIpc) is 3.40. The normalized spacial score (nSPS) is 14.1. The fourth-order valence-corrected chi connectivity index (χ4v) is 6.47. The monoisotopic (exact) mass is 662 g/mol. The van der Waals surface area contributed by atoms with Gasteiger partial charge in [0.2, 0.25) is 0 Å². The maximum absolute atomic E-state index is 14.3. The van der Waals surface area contributed by atoms with E-state index in [4.69, 9.17) is 19.2 Å². The van der Waals surface area contributed by atoms with Gasteiger partial charge in [0, 0.05) is 23.4 Å². The number of anilines is 1. The number of nitrogens with zero attached hydrogens (tertiary/aromatic N) is 3. The van der Waals surface area contributed by atoms with Crippen LogP contribution in [0.5, 0.6) is 17.2 Å². The molecule has 6 rings (SSSR count). The minimum Gasteiger partial charge on any atom is -0.497 e. The van der Waals surface area contributed by atoms with Crippen molar-refractivity contribution in [3.05, 3.63) is 155 Å². The molecule has 1 aromatic heterocycles. The second-order valence-electron chi connectivity index (χ2n) is 10.8. The van der Waals surface area contributed by atoms with Crippen molar-refractivity contribution in [1.29, 1.82) is 0 Å². The summed E-state index contributed by atoms with van der Waals surface area (Å²) in [4.78, 5) is 43.9. The second kappa shape index (κ2) is 13.8. The molecule has 0 saturated carbocycles. The van der Waals surface area contributed by atoms with E-state index in [-0.39, 0.29) is 23.8 Å². The lowest BCUT2D eigenvalue weighted by molar-refractivity contribution is -0.384. The Morgan fingerprint density at radius 2 is 1.75 bits per heavy atom. The quantitative estimate of drug-likeness (QED) is 0.157. The number of hydrogen-bond acceptors (Lipinski definition) is 9. The molecule has 242 valence electrons. The van der Waals surface area contributed by atoms with Gasteiger partial charge >= 0.3 is 0 Å². The summed E-state index contributed by atoms with van der Waals surface area (Å²) < 4.78 is 19.1. The third-order valence-electron chi connectivity index (χ3n) is 7.75. The van der Waals surface area contributed by atoms with Crippen molar-refractivity contribution in [3.8, 4) is 17.2 Å². The van der Waals surface area contributed by atoms with Crippen molar-refractivity contribution in [1.82, 2.24) is 4.57 Å². The van der Waals surface area contributed by atoms with Crippen LogP contribution in [-0.4, -0.2) is 29.6 Å². The van der Waals surface area contributed by atoms with Crippen molar-refractivity contribution in [2.45, 2.75) is 19.6 Å². The Kier molecular flexibility index (Phi) is 9.17. The number of nitro groups is 1. The lowest BCUT2D eigenvalue weighted by Gasteiger charge is -2.25. The Morgan fingerprint density at radius 3 is 2.46 bits per heavy atom. The molecule has 12 heteroatoms. The van der Waals surface area contributed by atoms with Gasteiger partial charge in [-0.15, -0.1) is 0 Å². The zero-order chi connectivity index (χ0) is 33.8. The summed E-state index contributed by atoms with van der Waals surface area (Å²) >= 11 is 1.20. The SMILES string of the molecule is COc1cccc([C@@H]2C(C(=O)Nc3ccccc3)=C(C)N=c3s/c(=C\c4cccc(OC)c4OCc4ccc([N+](=O)[O-])cc4)c(=O)n32)c1. The Bertz CT molecular complexity index is 2230. The number of methoxy groups -OCH3 is 2. The van der Waals surface area contributed by atoms with E-state index < -0.39 is 11.0 Å². The van der Waals surface area contributed by atoms with Gasteiger partial charge < -0.3 is 19.5 Å². The molecule has 0 spiro atoms. The van der Waals surface area contributed by atoms with Crippen molar-refractivity contribution in [2.24, 2.45) is 4.99 Å². The van der Waals surface area contributed by atoms with E-state index in [0.29, 0.717) is 60.2 Å². The number of carbonyl (C=O) groups excluding carboxylic acids is 1. The Balaban J connectivity index is 1.44. The molecule has 2 heterocycles. The van der Waals surface area contributed by atoms with E-state index in [1.807, 2.05) is 36.4 Å². The van der Waals surface area contributed by atoms with Crippen molar-refractivity contribution in [3.63, 3.8) is 0 Å². The number of hydrogen-bond donors (Lipinski definition) is 1. The molecule has 0 aliphatic carbocycles. The molecule has 0 unspecified atom stereocenters. The number of carbonyl (C=O) groups is 1. The predicted molar refractivity (Wildman–Crippen MR) is 182 cm³/mol. The molecule has 5 aromatic rings. The van der Waals surface area contributed by atoms with E-state index in [1.54, 1.807) is 68.6 Å². The van der Waals surface area contributed by atoms with Gasteiger partial charge in [0.1, 0.15) is 12.4 Å². The molecule has 0 radical (unpaired) electrons. The number of non-ortho nitro benzene ring substituents is 1. The molecule has 0 fully saturated rings. The molecule has 1 aliphatic heterocycles. The highest BCUT2D eigenvalue weighted by Gasteiger charge is 2.33. The molecule has 0 saturated heterocycles. The fraction of sp³-hybridized carbons (Fsp3) is 0.139. The molecule has 4 aromatic carbocycles. The standard InChI is InChI=1S/C36H30N4O7S/c1-22-31(34(41)38-26-11-5-4-6-12-26)32(24-9-7-13-28(19-24)45-2)39-35(42)30(48-36(39)37-22)20-25-10-8-14-29(46-3)33(25)47-21-23-15-17-27(18-16-23)40(43)44/h4-20,32H,21H2,1-3H3,(H,38,41)/b30-20-/t32-/m1/s1. The Hall–Kier alpha value is -6.01. The van der Waals surface area contributed by atoms with Gasteiger partial charge in [-0.05, 0) is 66.6 Å². The Labute approximate surface area is 278 Å². The predicted octanol–water partition coefficient (Wildman–Crippen LogP) is 5.38. The van der Waals surface area contributed by atoms with E-state index >= 15 is 0 Å². The van der Waals surface area contributed by atoms with E-state index in [2.05, 4.69) is 5.32 Å². The number of allylic oxidation sites excluding steroid dienone is 1. The number of rotatable bonds is 10. The topological polar surface area (TPSA) is 134 Å². The maximum atomic E-state index is 14.3. The molecule has 1 aliphatic rings. The summed E-state index contributed by atoms with van der Waals surface area (Å²) in [5.74, 6) is 1.05. The van der Waals surface area contributed by atoms with Crippen LogP contribution in [0.3, 0.4) is 0 Å². The first-order valence-electron chi connectivity index (χ1n) is 14.8. The first kappa shape index (κ1) is 32.0. The van der Waals surface area contributed by atoms with E-state index in [1.165, 1.54) is 35.1 Å². The largest absolute Gasteiger partial charge is 0.497 e. The number of thiazole rings is 1. The highest BCUT2D eigenvalue weighted by molar-refractivity contribution is 7.07. The average molecular weight is 663 g/mol. The molecule has 48 heavy (non-hydrogen) atoms. The van der Waals surface area contributed by atoms with Gasteiger partial charge in [-0.3, -0.25) is 24.3 Å². The van der Waals surface area contributed by atoms with E-state index in [9.17, 15) is 19.7 Å². The van der Waals surface area contributed by atoms with Gasteiger partial charge in [0.25, 0.3) is 17.2 Å². The molecular weight excluding hydrogens is 632 g/mol. The zero-order valence-electron chi connectivity index (χ0n) is 26.2. The van der Waals surface area contributed by atoms with Crippen LogP contribution in [0.1, 0.15) is 29.7 Å². The summed E-state index contributed by atoms with van der Waals surface area (Å²) in [5.41, 5.74) is 3.05. The minimum atomic E-state index is -0.787. The number of nitrogens with one attached hydrogen (secondary N) is 1. The number of fused-ring (bicyclic) bond motifs is 1. The molecule has 0 bridgehead atoms. The third-order valence-corrected chi connectivity index (χ3v) is 8.74. The molecule has 11 nitrogen and oxygen atoms in total. The summed E-state index contributed by atoms with van der Waals surface area (Å²) in [6, 6.07) is 27.0. The molecule has 1 atom stereocenters. The number of ether oxygens (including phenoxy) is 3. The lowest BCUT2D eigenvalue weighted by Crippen LogP contribution is -2.40. The molecule has 1 N–H and O–H groups in total. The van der Waals surface area contributed by atoms with E-state index in [0.717, 1.165) is 0 Å². The third kappa shape index (κ3) is 6.46. The van der Waals surface area contributed by atoms with Crippen LogP contribution < -0.4 is 34.4 Å². The highest BCUT2D eigenvalue weighted by atomic mass is 32.1. The smallest absolute Gasteiger partial charge is 0.271 e. The second-order valence-corrected chi connectivity index (χ2v) is 11.8. The first-order chi connectivity index (χ1) is 23.3. The van der Waals surface area contributed by atoms with Crippen molar-refractivity contribution in [2.75, 3.05) is 19.5 Å². The van der Waals surface area contributed by atoms with Gasteiger partial charge in [-0.1, -0.05) is 53.8 Å². The summed E-state index contributed by atoms with van der Waals surface area (Å²) in [7, 11) is 3.08. The zero-order valence-corrected chi connectivity index (χ0v) is 27.0. The van der Waals surface area contributed by atoms with Gasteiger partial charge in [0.15, 0.2) is 16.3 Å². The van der Waals surface area contributed by atoms with Crippen LogP contribution >= 0.6 is 11.3 Å². The number of nitro benzene ring substituents is 1. The summed E-state index contributed by atoms with van der Waals surface area (Å²) in [6.45, 7) is 1.87. The van der Waals surface area contributed by atoms with Crippen LogP contribution in [0.15, 0.2) is 118 Å².